The van der Waals surface area contributed by atoms with E-state index in [2.05, 4.69) is 25.3 Å². The number of nitrogens with one attached hydrogen (secondary N) is 1. The molecule has 2 heterocycles. The van der Waals surface area contributed by atoms with E-state index >= 15 is 0 Å². The van der Waals surface area contributed by atoms with Crippen LogP contribution in [0.4, 0.5) is 5.95 Å². The molecule has 0 spiro atoms. The van der Waals surface area contributed by atoms with Crippen molar-refractivity contribution in [3.05, 3.63) is 12.5 Å². The van der Waals surface area contributed by atoms with Gasteiger partial charge in [0.05, 0.1) is 12.8 Å². The van der Waals surface area contributed by atoms with Crippen LogP contribution in [0.3, 0.4) is 0 Å². The van der Waals surface area contributed by atoms with Crippen LogP contribution in [0.1, 0.15) is 6.92 Å². The van der Waals surface area contributed by atoms with Crippen molar-refractivity contribution in [1.82, 2.24) is 19.9 Å². The van der Waals surface area contributed by atoms with E-state index in [-0.39, 0.29) is 6.01 Å². The smallest absolute Gasteiger partial charge is 0.322 e. The van der Waals surface area contributed by atoms with Crippen molar-refractivity contribution in [1.29, 1.82) is 0 Å². The summed E-state index contributed by atoms with van der Waals surface area (Å²) in [6, 6.07) is 0.279. The Morgan fingerprint density at radius 1 is 1.41 bits per heavy atom. The molecule has 17 heavy (non-hydrogen) atoms. The fourth-order valence-electron chi connectivity index (χ4n) is 1.03. The molecule has 2 aromatic heterocycles. The molecule has 0 radical (unpaired) electrons. The van der Waals surface area contributed by atoms with Crippen LogP contribution in [-0.2, 0) is 0 Å². The van der Waals surface area contributed by atoms with Crippen LogP contribution in [0, 0.1) is 0 Å². The lowest BCUT2D eigenvalue weighted by molar-refractivity contribution is 0.308. The summed E-state index contributed by atoms with van der Waals surface area (Å²) in [5.41, 5.74) is 0. The van der Waals surface area contributed by atoms with Gasteiger partial charge in [0.2, 0.25) is 11.1 Å². The SMILES string of the molecule is CCOc1nc(NC)nc(Sc2ncco2)n1. The lowest BCUT2D eigenvalue weighted by Gasteiger charge is -2.04. The third kappa shape index (κ3) is 3.06. The molecular formula is C9H11N5O2S. The van der Waals surface area contributed by atoms with Gasteiger partial charge in [-0.25, -0.2) is 4.98 Å². The average Bonchev–Trinajstić information content (AvgIpc) is 2.82. The second-order valence-electron chi connectivity index (χ2n) is 2.81. The van der Waals surface area contributed by atoms with E-state index in [9.17, 15) is 0 Å². The van der Waals surface area contributed by atoms with Crippen LogP contribution in [0.5, 0.6) is 6.01 Å². The first-order valence-electron chi connectivity index (χ1n) is 4.95. The van der Waals surface area contributed by atoms with Gasteiger partial charge in [-0.3, -0.25) is 0 Å². The molecule has 0 aliphatic rings. The van der Waals surface area contributed by atoms with Gasteiger partial charge < -0.3 is 14.5 Å². The molecule has 0 bridgehead atoms. The third-order valence-corrected chi connectivity index (χ3v) is 2.42. The number of oxazole rings is 1. The predicted molar refractivity (Wildman–Crippen MR) is 61.2 cm³/mol. The van der Waals surface area contributed by atoms with Gasteiger partial charge in [-0.1, -0.05) is 0 Å². The van der Waals surface area contributed by atoms with Gasteiger partial charge in [0.15, 0.2) is 0 Å². The Hall–Kier alpha value is -1.83. The fourth-order valence-corrected chi connectivity index (χ4v) is 1.66. The zero-order chi connectivity index (χ0) is 12.1. The second kappa shape index (κ2) is 5.48. The number of ether oxygens (including phenoxy) is 1. The maximum absolute atomic E-state index is 5.24. The van der Waals surface area contributed by atoms with Crippen LogP contribution in [0.15, 0.2) is 27.3 Å². The third-order valence-electron chi connectivity index (χ3n) is 1.68. The van der Waals surface area contributed by atoms with E-state index in [4.69, 9.17) is 9.15 Å². The molecule has 0 saturated carbocycles. The minimum Gasteiger partial charge on any atom is -0.464 e. The largest absolute Gasteiger partial charge is 0.464 e. The molecule has 0 fully saturated rings. The van der Waals surface area contributed by atoms with E-state index in [1.165, 1.54) is 18.0 Å². The van der Waals surface area contributed by atoms with Gasteiger partial charge in [0, 0.05) is 18.8 Å². The Labute approximate surface area is 102 Å². The minimum atomic E-state index is 0.279. The molecule has 1 N–H and O–H groups in total. The van der Waals surface area contributed by atoms with Crippen LogP contribution >= 0.6 is 11.8 Å². The number of aromatic nitrogens is 4. The highest BCUT2D eigenvalue weighted by Gasteiger charge is 2.10. The second-order valence-corrected chi connectivity index (χ2v) is 3.73. The topological polar surface area (TPSA) is 86.0 Å². The van der Waals surface area contributed by atoms with E-state index in [1.807, 2.05) is 6.92 Å². The molecule has 0 aliphatic heterocycles. The quantitative estimate of drug-likeness (QED) is 0.856. The highest BCUT2D eigenvalue weighted by atomic mass is 32.2. The summed E-state index contributed by atoms with van der Waals surface area (Å²) in [6.07, 6.45) is 3.05. The first-order chi connectivity index (χ1) is 8.31. The molecule has 0 aromatic carbocycles. The summed E-state index contributed by atoms with van der Waals surface area (Å²) in [4.78, 5) is 16.3. The fraction of sp³-hybridized carbons (Fsp3) is 0.333. The Morgan fingerprint density at radius 3 is 2.94 bits per heavy atom. The first-order valence-corrected chi connectivity index (χ1v) is 5.77. The number of hydrogen-bond acceptors (Lipinski definition) is 8. The molecule has 90 valence electrons. The highest BCUT2D eigenvalue weighted by molar-refractivity contribution is 7.98. The summed E-state index contributed by atoms with van der Waals surface area (Å²) in [5, 5.41) is 3.78. The summed E-state index contributed by atoms with van der Waals surface area (Å²) in [7, 11) is 1.73. The Kier molecular flexibility index (Phi) is 3.76. The molecule has 7 nitrogen and oxygen atoms in total. The van der Waals surface area contributed by atoms with Crippen molar-refractivity contribution in [2.24, 2.45) is 0 Å². The highest BCUT2D eigenvalue weighted by Crippen LogP contribution is 2.24. The van der Waals surface area contributed by atoms with Gasteiger partial charge in [-0.2, -0.15) is 15.0 Å². The van der Waals surface area contributed by atoms with Gasteiger partial charge in [0.25, 0.3) is 5.22 Å². The van der Waals surface area contributed by atoms with Gasteiger partial charge >= 0.3 is 6.01 Å². The zero-order valence-corrected chi connectivity index (χ0v) is 10.2. The molecule has 0 unspecified atom stereocenters. The normalized spacial score (nSPS) is 10.2. The standard InChI is InChI=1S/C9H11N5O2S/c1-3-15-7-12-6(10-2)13-8(14-7)17-9-11-4-5-16-9/h4-5H,3H2,1-2H3,(H,10,12,13,14). The summed E-state index contributed by atoms with van der Waals surface area (Å²) >= 11 is 1.20. The zero-order valence-electron chi connectivity index (χ0n) is 9.38. The number of rotatable bonds is 5. The van der Waals surface area contributed by atoms with Crippen LogP contribution < -0.4 is 10.1 Å². The van der Waals surface area contributed by atoms with Crippen molar-refractivity contribution in [2.75, 3.05) is 19.0 Å². The van der Waals surface area contributed by atoms with Crippen molar-refractivity contribution in [3.63, 3.8) is 0 Å². The molecule has 2 aromatic rings. The van der Waals surface area contributed by atoms with Crippen molar-refractivity contribution in [3.8, 4) is 6.01 Å². The van der Waals surface area contributed by atoms with Crippen molar-refractivity contribution in [2.45, 2.75) is 17.3 Å². The van der Waals surface area contributed by atoms with Crippen LogP contribution in [0.2, 0.25) is 0 Å². The first kappa shape index (κ1) is 11.6. The van der Waals surface area contributed by atoms with E-state index in [1.54, 1.807) is 13.2 Å². The summed E-state index contributed by atoms with van der Waals surface area (Å²) in [5.74, 6) is 0.442. The number of hydrogen-bond donors (Lipinski definition) is 1. The monoisotopic (exact) mass is 253 g/mol. The number of anilines is 1. The maximum Gasteiger partial charge on any atom is 0.322 e. The molecule has 0 atom stereocenters. The Morgan fingerprint density at radius 2 is 2.29 bits per heavy atom. The van der Waals surface area contributed by atoms with Crippen molar-refractivity contribution < 1.29 is 9.15 Å². The van der Waals surface area contributed by atoms with Crippen molar-refractivity contribution >= 4 is 17.7 Å². The Bertz CT molecular complexity index is 476. The maximum atomic E-state index is 5.24. The number of nitrogens with zero attached hydrogens (tertiary/aromatic N) is 4. The van der Waals surface area contributed by atoms with E-state index < -0.39 is 0 Å². The van der Waals surface area contributed by atoms with Crippen LogP contribution in [0.25, 0.3) is 0 Å². The minimum absolute atomic E-state index is 0.279. The predicted octanol–water partition coefficient (Wildman–Crippen LogP) is 1.45. The Balaban J connectivity index is 2.23. The molecular weight excluding hydrogens is 242 g/mol. The van der Waals surface area contributed by atoms with E-state index in [0.717, 1.165) is 0 Å². The molecule has 8 heteroatoms. The lowest BCUT2D eigenvalue weighted by atomic mass is 10.8. The molecule has 0 aliphatic carbocycles. The molecule has 0 saturated heterocycles. The summed E-state index contributed by atoms with van der Waals surface area (Å²) in [6.45, 7) is 2.36. The summed E-state index contributed by atoms with van der Waals surface area (Å²) < 4.78 is 10.3. The van der Waals surface area contributed by atoms with Gasteiger partial charge in [-0.15, -0.1) is 0 Å². The van der Waals surface area contributed by atoms with Crippen LogP contribution in [-0.4, -0.2) is 33.6 Å². The molecule has 0 amide bonds. The molecule has 2 rings (SSSR count). The van der Waals surface area contributed by atoms with E-state index in [0.29, 0.717) is 22.9 Å². The van der Waals surface area contributed by atoms with Gasteiger partial charge in [0.1, 0.15) is 6.26 Å². The lowest BCUT2D eigenvalue weighted by Crippen LogP contribution is -2.04. The average molecular weight is 253 g/mol. The van der Waals surface area contributed by atoms with Gasteiger partial charge in [-0.05, 0) is 6.92 Å².